The Kier molecular flexibility index (Phi) is 8.02. The molecular weight excluding hydrogens is 480 g/mol. The summed E-state index contributed by atoms with van der Waals surface area (Å²) in [7, 11) is 0. The molecule has 1 heterocycles. The molecule has 1 saturated heterocycles. The van der Waals surface area contributed by atoms with E-state index >= 15 is 0 Å². The van der Waals surface area contributed by atoms with E-state index < -0.39 is 17.6 Å². The van der Waals surface area contributed by atoms with Crippen LogP contribution < -0.4 is 0 Å². The quantitative estimate of drug-likeness (QED) is 0.321. The van der Waals surface area contributed by atoms with Gasteiger partial charge in [-0.3, -0.25) is 9.69 Å². The van der Waals surface area contributed by atoms with Crippen LogP contribution in [0.2, 0.25) is 0 Å². The summed E-state index contributed by atoms with van der Waals surface area (Å²) in [6.45, 7) is 8.18. The Morgan fingerprint density at radius 3 is 2.35 bits per heavy atom. The van der Waals surface area contributed by atoms with Crippen LogP contribution in [-0.4, -0.2) is 41.4 Å². The number of carbonyl (C=O) groups is 1. The average molecular weight is 513 g/mol. The molecule has 1 aliphatic heterocycles. The van der Waals surface area contributed by atoms with Crippen LogP contribution in [0.5, 0.6) is 0 Å². The molecule has 0 aromatic heterocycles. The first kappa shape index (κ1) is 26.9. The second kappa shape index (κ2) is 11.1. The minimum atomic E-state index is -4.42. The van der Waals surface area contributed by atoms with Gasteiger partial charge >= 0.3 is 6.18 Å². The highest BCUT2D eigenvalue weighted by Gasteiger charge is 2.38. The van der Waals surface area contributed by atoms with Crippen molar-refractivity contribution in [3.8, 4) is 0 Å². The van der Waals surface area contributed by atoms with E-state index in [1.165, 1.54) is 36.4 Å². The molecule has 196 valence electrons. The molecule has 3 nitrogen and oxygen atoms in total. The van der Waals surface area contributed by atoms with Crippen molar-refractivity contribution in [3.05, 3.63) is 106 Å². The molecule has 1 fully saturated rings. The molecule has 2 atom stereocenters. The molecule has 1 amide bonds. The van der Waals surface area contributed by atoms with Crippen LogP contribution >= 0.6 is 0 Å². The summed E-state index contributed by atoms with van der Waals surface area (Å²) in [5.74, 6) is -0.871. The average Bonchev–Trinajstić information content (AvgIpc) is 3.24. The van der Waals surface area contributed by atoms with Crippen molar-refractivity contribution >= 4 is 5.91 Å². The van der Waals surface area contributed by atoms with Gasteiger partial charge < -0.3 is 4.90 Å². The Morgan fingerprint density at radius 1 is 1.00 bits per heavy atom. The van der Waals surface area contributed by atoms with E-state index in [2.05, 4.69) is 17.0 Å². The molecule has 0 aliphatic carbocycles. The standard InChI is InChI=1S/C30H32F4N2O/c1-20(2)36(29(37)23-10-12-27(31)13-11-23)18-25-17-35(16-22-7-4-6-21(3)14-22)19-28(25)24-8-5-9-26(15-24)30(32,33)34/h4-15,20,25,28H,16-19H2,1-3H3/t25-,28-/m1/s1. The molecule has 7 heteroatoms. The van der Waals surface area contributed by atoms with Gasteiger partial charge in [0.05, 0.1) is 5.56 Å². The number of likely N-dealkylation sites (tertiary alicyclic amines) is 1. The molecule has 0 radical (unpaired) electrons. The maximum absolute atomic E-state index is 13.5. The second-order valence-corrected chi connectivity index (χ2v) is 10.2. The zero-order chi connectivity index (χ0) is 26.7. The Hall–Kier alpha value is -3.19. The lowest BCUT2D eigenvalue weighted by Gasteiger charge is -2.32. The van der Waals surface area contributed by atoms with Crippen molar-refractivity contribution in [1.82, 2.24) is 9.80 Å². The molecule has 1 aliphatic rings. The van der Waals surface area contributed by atoms with Crippen molar-refractivity contribution < 1.29 is 22.4 Å². The molecule has 3 aromatic rings. The topological polar surface area (TPSA) is 23.6 Å². The van der Waals surface area contributed by atoms with Gasteiger partial charge in [0.2, 0.25) is 0 Å². The molecule has 0 bridgehead atoms. The Bertz CT molecular complexity index is 1220. The molecule has 0 saturated carbocycles. The number of nitrogens with zero attached hydrogens (tertiary/aromatic N) is 2. The van der Waals surface area contributed by atoms with E-state index in [-0.39, 0.29) is 23.8 Å². The van der Waals surface area contributed by atoms with Crippen LogP contribution in [0.3, 0.4) is 0 Å². The number of hydrogen-bond donors (Lipinski definition) is 0. The fourth-order valence-corrected chi connectivity index (χ4v) is 5.21. The fourth-order valence-electron chi connectivity index (χ4n) is 5.21. The van der Waals surface area contributed by atoms with Crippen LogP contribution in [0.15, 0.2) is 72.8 Å². The fraction of sp³-hybridized carbons (Fsp3) is 0.367. The van der Waals surface area contributed by atoms with E-state index in [0.717, 1.165) is 17.2 Å². The summed E-state index contributed by atoms with van der Waals surface area (Å²) in [4.78, 5) is 17.4. The lowest BCUT2D eigenvalue weighted by atomic mass is 9.87. The highest BCUT2D eigenvalue weighted by atomic mass is 19.4. The number of carbonyl (C=O) groups excluding carboxylic acids is 1. The number of alkyl halides is 3. The normalized spacial score (nSPS) is 18.4. The van der Waals surface area contributed by atoms with Gasteiger partial charge in [0.1, 0.15) is 5.82 Å². The van der Waals surface area contributed by atoms with Crippen molar-refractivity contribution in [3.63, 3.8) is 0 Å². The third kappa shape index (κ3) is 6.58. The Labute approximate surface area is 215 Å². The van der Waals surface area contributed by atoms with Gasteiger partial charge in [0.25, 0.3) is 5.91 Å². The number of halogens is 4. The first-order valence-corrected chi connectivity index (χ1v) is 12.5. The van der Waals surface area contributed by atoms with Gasteiger partial charge in [-0.2, -0.15) is 13.2 Å². The van der Waals surface area contributed by atoms with Gasteiger partial charge in [0, 0.05) is 43.7 Å². The Morgan fingerprint density at radius 2 is 1.70 bits per heavy atom. The van der Waals surface area contributed by atoms with Crippen molar-refractivity contribution in [2.45, 2.75) is 45.5 Å². The minimum Gasteiger partial charge on any atom is -0.336 e. The highest BCUT2D eigenvalue weighted by molar-refractivity contribution is 5.94. The zero-order valence-electron chi connectivity index (χ0n) is 21.3. The van der Waals surface area contributed by atoms with Crippen LogP contribution in [0.4, 0.5) is 17.6 Å². The largest absolute Gasteiger partial charge is 0.416 e. The smallest absolute Gasteiger partial charge is 0.336 e. The first-order valence-electron chi connectivity index (χ1n) is 12.5. The maximum Gasteiger partial charge on any atom is 0.416 e. The summed E-state index contributed by atoms with van der Waals surface area (Å²) in [5, 5.41) is 0. The van der Waals surface area contributed by atoms with E-state index in [9.17, 15) is 22.4 Å². The lowest BCUT2D eigenvalue weighted by molar-refractivity contribution is -0.137. The third-order valence-electron chi connectivity index (χ3n) is 7.05. The summed E-state index contributed by atoms with van der Waals surface area (Å²) in [6, 6.07) is 19.1. The summed E-state index contributed by atoms with van der Waals surface area (Å²) in [5.41, 5.74) is 2.65. The number of rotatable bonds is 7. The SMILES string of the molecule is Cc1cccc(CN2C[C@H](CN(C(=O)c3ccc(F)cc3)C(C)C)[C@@H](c3cccc(C(F)(F)F)c3)C2)c1. The molecular formula is C30H32F4N2O. The number of hydrogen-bond acceptors (Lipinski definition) is 2. The van der Waals surface area contributed by atoms with Gasteiger partial charge in [0.15, 0.2) is 0 Å². The van der Waals surface area contributed by atoms with Crippen molar-refractivity contribution in [1.29, 1.82) is 0 Å². The van der Waals surface area contributed by atoms with Gasteiger partial charge in [-0.25, -0.2) is 4.39 Å². The number of aryl methyl sites for hydroxylation is 1. The molecule has 3 aromatic carbocycles. The Balaban J connectivity index is 1.63. The van der Waals surface area contributed by atoms with Crippen molar-refractivity contribution in [2.24, 2.45) is 5.92 Å². The van der Waals surface area contributed by atoms with Crippen LogP contribution in [0.1, 0.15) is 52.4 Å². The second-order valence-electron chi connectivity index (χ2n) is 10.2. The van der Waals surface area contributed by atoms with E-state index in [1.807, 2.05) is 32.9 Å². The van der Waals surface area contributed by atoms with Gasteiger partial charge in [-0.1, -0.05) is 48.0 Å². The minimum absolute atomic E-state index is 0.0694. The van der Waals surface area contributed by atoms with Gasteiger partial charge in [-0.15, -0.1) is 0 Å². The van der Waals surface area contributed by atoms with Crippen molar-refractivity contribution in [2.75, 3.05) is 19.6 Å². The maximum atomic E-state index is 13.5. The number of amides is 1. The highest BCUT2D eigenvalue weighted by Crippen LogP contribution is 2.38. The molecule has 0 spiro atoms. The predicted octanol–water partition coefficient (Wildman–Crippen LogP) is 6.92. The van der Waals surface area contributed by atoms with Crippen LogP contribution in [-0.2, 0) is 12.7 Å². The number of benzene rings is 3. The van der Waals surface area contributed by atoms with Gasteiger partial charge in [-0.05, 0) is 68.1 Å². The summed E-state index contributed by atoms with van der Waals surface area (Å²) < 4.78 is 53.9. The molecule has 37 heavy (non-hydrogen) atoms. The van der Waals surface area contributed by atoms with E-state index in [4.69, 9.17) is 0 Å². The lowest BCUT2D eigenvalue weighted by Crippen LogP contribution is -2.42. The first-order chi connectivity index (χ1) is 17.5. The monoisotopic (exact) mass is 512 g/mol. The molecule has 0 N–H and O–H groups in total. The van der Waals surface area contributed by atoms with Crippen LogP contribution in [0.25, 0.3) is 0 Å². The predicted molar refractivity (Wildman–Crippen MR) is 137 cm³/mol. The molecule has 0 unspecified atom stereocenters. The third-order valence-corrected chi connectivity index (χ3v) is 7.05. The molecule has 4 rings (SSSR count). The summed E-state index contributed by atoms with van der Waals surface area (Å²) >= 11 is 0. The zero-order valence-corrected chi connectivity index (χ0v) is 21.3. The van der Waals surface area contributed by atoms with Crippen LogP contribution in [0, 0.1) is 18.7 Å². The van der Waals surface area contributed by atoms with E-state index in [0.29, 0.717) is 37.3 Å². The van der Waals surface area contributed by atoms with E-state index in [1.54, 1.807) is 11.0 Å². The summed E-state index contributed by atoms with van der Waals surface area (Å²) in [6.07, 6.45) is -4.42.